The van der Waals surface area contributed by atoms with E-state index in [4.69, 9.17) is 9.47 Å². The Bertz CT molecular complexity index is 1220. The Kier molecular flexibility index (Phi) is 41.7. The molecule has 0 bridgehead atoms. The van der Waals surface area contributed by atoms with Gasteiger partial charge in [0.2, 0.25) is 5.91 Å². The van der Waals surface area contributed by atoms with Gasteiger partial charge < -0.3 is 35.2 Å². The van der Waals surface area contributed by atoms with Crippen LogP contribution in [0.25, 0.3) is 0 Å². The molecule has 1 amide bonds. The molecule has 1 rings (SSSR count). The van der Waals surface area contributed by atoms with Crippen LogP contribution in [0.2, 0.25) is 0 Å². The van der Waals surface area contributed by atoms with Crippen molar-refractivity contribution in [2.45, 2.75) is 307 Å². The standard InChI is InChI=1S/C53H103NO11S/c1-3-5-7-9-11-13-15-17-19-21-22-23-24-25-26-27-29-31-33-35-37-39-41-43-49(57)54-46(45-63-53-51(59)52(65-66(60,61)62)50(58)48(44-55)64-53)47(56)42-40-38-36-34-32-30-28-20-18-16-14-12-10-8-6-4-2/h40,42,46-48,50-53,55-56,58-59H,3-39,41,43-45H2,1-2H3,(H,54,57)(H,60,61,62)/b42-40+. The lowest BCUT2D eigenvalue weighted by Gasteiger charge is -2.41. The zero-order chi connectivity index (χ0) is 48.4. The molecule has 0 saturated carbocycles. The molecular weight excluding hydrogens is 859 g/mol. The fourth-order valence-corrected chi connectivity index (χ4v) is 9.55. The first-order valence-corrected chi connectivity index (χ1v) is 28.9. The van der Waals surface area contributed by atoms with Gasteiger partial charge in [0.15, 0.2) is 6.29 Å². The third-order valence-corrected chi connectivity index (χ3v) is 13.8. The van der Waals surface area contributed by atoms with Gasteiger partial charge >= 0.3 is 10.4 Å². The number of nitrogens with one attached hydrogen (secondary N) is 1. The van der Waals surface area contributed by atoms with Gasteiger partial charge in [-0.25, -0.2) is 4.18 Å². The van der Waals surface area contributed by atoms with Crippen molar-refractivity contribution >= 4 is 16.3 Å². The van der Waals surface area contributed by atoms with Crippen LogP contribution in [-0.2, 0) is 28.9 Å². The molecule has 0 aliphatic carbocycles. The monoisotopic (exact) mass is 962 g/mol. The first-order chi connectivity index (χ1) is 32.0. The third kappa shape index (κ3) is 35.9. The minimum atomic E-state index is -5.08. The summed E-state index contributed by atoms with van der Waals surface area (Å²) in [6, 6.07) is -0.939. The number of ether oxygens (including phenoxy) is 2. The molecule has 1 aliphatic rings. The number of aliphatic hydroxyl groups excluding tert-OH is 4. The molecule has 1 aliphatic heterocycles. The molecule has 0 aromatic rings. The van der Waals surface area contributed by atoms with E-state index >= 15 is 0 Å². The highest BCUT2D eigenvalue weighted by Gasteiger charge is 2.48. The van der Waals surface area contributed by atoms with Gasteiger partial charge in [0, 0.05) is 6.42 Å². The molecule has 6 N–H and O–H groups in total. The van der Waals surface area contributed by atoms with Gasteiger partial charge in [-0.3, -0.25) is 9.35 Å². The van der Waals surface area contributed by atoms with E-state index in [1.165, 1.54) is 199 Å². The third-order valence-electron chi connectivity index (χ3n) is 13.3. The summed E-state index contributed by atoms with van der Waals surface area (Å²) in [5.41, 5.74) is 0. The van der Waals surface area contributed by atoms with Crippen LogP contribution in [0.1, 0.15) is 264 Å². The van der Waals surface area contributed by atoms with Crippen molar-refractivity contribution in [1.29, 1.82) is 0 Å². The maximum atomic E-state index is 13.1. The molecule has 13 heteroatoms. The van der Waals surface area contributed by atoms with E-state index in [-0.39, 0.29) is 18.9 Å². The summed E-state index contributed by atoms with van der Waals surface area (Å²) in [5, 5.41) is 44.9. The second-order valence-electron chi connectivity index (χ2n) is 19.5. The van der Waals surface area contributed by atoms with E-state index in [9.17, 15) is 38.2 Å². The molecular formula is C53H103NO11S. The summed E-state index contributed by atoms with van der Waals surface area (Å²) in [7, 11) is -5.08. The Hall–Kier alpha value is -1.16. The highest BCUT2D eigenvalue weighted by Crippen LogP contribution is 2.26. The average molecular weight is 962 g/mol. The first kappa shape index (κ1) is 62.9. The van der Waals surface area contributed by atoms with Crippen LogP contribution < -0.4 is 5.32 Å². The number of rotatable bonds is 48. The molecule has 12 nitrogen and oxygen atoms in total. The predicted octanol–water partition coefficient (Wildman–Crippen LogP) is 12.3. The molecule has 0 spiro atoms. The number of aliphatic hydroxyl groups is 4. The normalized spacial score (nSPS) is 20.0. The van der Waals surface area contributed by atoms with Crippen LogP contribution in [-0.4, -0.2) is 95.4 Å². The topological polar surface area (TPSA) is 192 Å². The summed E-state index contributed by atoms with van der Waals surface area (Å²) >= 11 is 0. The van der Waals surface area contributed by atoms with Crippen LogP contribution in [0.4, 0.5) is 0 Å². The second-order valence-corrected chi connectivity index (χ2v) is 20.6. The number of carbonyl (C=O) groups excluding carboxylic acids is 1. The van der Waals surface area contributed by atoms with Gasteiger partial charge in [0.25, 0.3) is 0 Å². The average Bonchev–Trinajstić information content (AvgIpc) is 3.29. The summed E-state index contributed by atoms with van der Waals surface area (Å²) in [5.74, 6) is -0.257. The lowest BCUT2D eigenvalue weighted by atomic mass is 9.99. The number of hydrogen-bond donors (Lipinski definition) is 6. The van der Waals surface area contributed by atoms with Gasteiger partial charge in [-0.05, 0) is 19.3 Å². The smallest absolute Gasteiger partial charge is 0.394 e. The van der Waals surface area contributed by atoms with Crippen LogP contribution in [0.5, 0.6) is 0 Å². The molecule has 392 valence electrons. The maximum absolute atomic E-state index is 13.1. The van der Waals surface area contributed by atoms with E-state index in [1.54, 1.807) is 6.08 Å². The van der Waals surface area contributed by atoms with Crippen LogP contribution in [0, 0.1) is 0 Å². The molecule has 0 aromatic carbocycles. The van der Waals surface area contributed by atoms with Gasteiger partial charge in [-0.1, -0.05) is 251 Å². The maximum Gasteiger partial charge on any atom is 0.397 e. The Labute approximate surface area is 404 Å². The SMILES string of the molecule is CCCCCCCCCCCCCCCC/C=C/C(O)C(COC1OC(CO)C(O)C(OS(=O)(=O)O)C1O)NC(=O)CCCCCCCCCCCCCCCCCCCCCCCCC. The molecule has 1 fully saturated rings. The summed E-state index contributed by atoms with van der Waals surface area (Å²) < 4.78 is 47.8. The van der Waals surface area contributed by atoms with E-state index in [1.807, 2.05) is 6.08 Å². The second kappa shape index (κ2) is 43.8. The van der Waals surface area contributed by atoms with Crippen LogP contribution >= 0.6 is 0 Å². The Balaban J connectivity index is 2.38. The first-order valence-electron chi connectivity index (χ1n) is 27.6. The summed E-state index contributed by atoms with van der Waals surface area (Å²) in [4.78, 5) is 13.1. The predicted molar refractivity (Wildman–Crippen MR) is 269 cm³/mol. The highest BCUT2D eigenvalue weighted by molar-refractivity contribution is 7.80. The number of allylic oxidation sites excluding steroid dienone is 1. The summed E-state index contributed by atoms with van der Waals surface area (Å²) in [6.07, 6.45) is 42.5. The number of carbonyl (C=O) groups is 1. The lowest BCUT2D eigenvalue weighted by Crippen LogP contribution is -2.61. The fraction of sp³-hybridized carbons (Fsp3) is 0.943. The number of unbranched alkanes of at least 4 members (excludes halogenated alkanes) is 36. The van der Waals surface area contributed by atoms with Crippen molar-refractivity contribution in [1.82, 2.24) is 5.32 Å². The Morgan fingerprint density at radius 3 is 1.32 bits per heavy atom. The Morgan fingerprint density at radius 2 is 0.955 bits per heavy atom. The van der Waals surface area contributed by atoms with E-state index < -0.39 is 59.9 Å². The molecule has 7 atom stereocenters. The van der Waals surface area contributed by atoms with Crippen molar-refractivity contribution < 1.29 is 51.8 Å². The molecule has 1 saturated heterocycles. The van der Waals surface area contributed by atoms with E-state index in [0.29, 0.717) is 6.42 Å². The molecule has 0 radical (unpaired) electrons. The van der Waals surface area contributed by atoms with E-state index in [2.05, 4.69) is 23.3 Å². The quantitative estimate of drug-likeness (QED) is 0.0193. The van der Waals surface area contributed by atoms with Crippen molar-refractivity contribution in [3.8, 4) is 0 Å². The zero-order valence-electron chi connectivity index (χ0n) is 42.3. The molecule has 66 heavy (non-hydrogen) atoms. The van der Waals surface area contributed by atoms with Gasteiger partial charge in [0.1, 0.15) is 24.4 Å². The number of hydrogen-bond acceptors (Lipinski definition) is 10. The lowest BCUT2D eigenvalue weighted by molar-refractivity contribution is -0.298. The van der Waals surface area contributed by atoms with Crippen molar-refractivity contribution in [2.24, 2.45) is 0 Å². The van der Waals surface area contributed by atoms with Crippen molar-refractivity contribution in [2.75, 3.05) is 13.2 Å². The molecule has 1 heterocycles. The van der Waals surface area contributed by atoms with Crippen LogP contribution in [0.15, 0.2) is 12.2 Å². The highest BCUT2D eigenvalue weighted by atomic mass is 32.3. The minimum Gasteiger partial charge on any atom is -0.394 e. The van der Waals surface area contributed by atoms with Crippen molar-refractivity contribution in [3.05, 3.63) is 12.2 Å². The Morgan fingerprint density at radius 1 is 0.591 bits per heavy atom. The summed E-state index contributed by atoms with van der Waals surface area (Å²) in [6.45, 7) is 3.43. The fourth-order valence-electron chi connectivity index (χ4n) is 9.05. The van der Waals surface area contributed by atoms with Crippen molar-refractivity contribution in [3.63, 3.8) is 0 Å². The van der Waals surface area contributed by atoms with Gasteiger partial charge in [-0.2, -0.15) is 8.42 Å². The van der Waals surface area contributed by atoms with Gasteiger partial charge in [0.05, 0.1) is 25.4 Å². The number of amides is 1. The molecule has 0 aromatic heterocycles. The zero-order valence-corrected chi connectivity index (χ0v) is 43.1. The largest absolute Gasteiger partial charge is 0.397 e. The van der Waals surface area contributed by atoms with E-state index in [0.717, 1.165) is 38.5 Å². The van der Waals surface area contributed by atoms with Crippen LogP contribution in [0.3, 0.4) is 0 Å². The molecule has 7 unspecified atom stereocenters. The minimum absolute atomic E-state index is 0.257. The van der Waals surface area contributed by atoms with Gasteiger partial charge in [-0.15, -0.1) is 0 Å².